The van der Waals surface area contributed by atoms with Crippen molar-refractivity contribution in [2.45, 2.75) is 104 Å². The topological polar surface area (TPSA) is 83.5 Å². The van der Waals surface area contributed by atoms with Gasteiger partial charge in [0, 0.05) is 13.0 Å². The quantitative estimate of drug-likeness (QED) is 0.159. The molecule has 7 nitrogen and oxygen atoms in total. The van der Waals surface area contributed by atoms with Gasteiger partial charge in [0.1, 0.15) is 0 Å². The fraction of sp³-hybridized carbons (Fsp3) is 0.792. The van der Waals surface area contributed by atoms with E-state index in [0.717, 1.165) is 70.8 Å². The fourth-order valence-electron chi connectivity index (χ4n) is 3.00. The number of rotatable bonds is 11. The van der Waals surface area contributed by atoms with Crippen LogP contribution >= 0.6 is 0 Å². The van der Waals surface area contributed by atoms with Gasteiger partial charge in [0.05, 0.1) is 13.2 Å². The molecule has 3 atom stereocenters. The van der Waals surface area contributed by atoms with Crippen LogP contribution in [0.15, 0.2) is 24.0 Å². The molecule has 2 saturated heterocycles. The van der Waals surface area contributed by atoms with Gasteiger partial charge in [-0.3, -0.25) is 0 Å². The number of allylic oxidation sites excluding steroid dienone is 2. The summed E-state index contributed by atoms with van der Waals surface area (Å²) < 4.78 is 26.6. The maximum Gasteiger partial charge on any atom is 0.373 e. The van der Waals surface area contributed by atoms with Crippen LogP contribution in [-0.2, 0) is 28.5 Å². The molecule has 0 aliphatic carbocycles. The van der Waals surface area contributed by atoms with Crippen LogP contribution in [0.25, 0.3) is 0 Å². The molecule has 2 rings (SSSR count). The molecule has 0 bridgehead atoms. The molecule has 1 N–H and O–H groups in total. The molecule has 0 radical (unpaired) electrons. The molecule has 180 valence electrons. The van der Waals surface area contributed by atoms with E-state index in [2.05, 4.69) is 13.8 Å². The summed E-state index contributed by atoms with van der Waals surface area (Å²) in [5.74, 6) is -0.101. The van der Waals surface area contributed by atoms with E-state index in [1.54, 1.807) is 19.1 Å². The maximum atomic E-state index is 11.7. The van der Waals surface area contributed by atoms with Gasteiger partial charge in [-0.15, -0.1) is 0 Å². The second kappa shape index (κ2) is 18.2. The Hall–Kier alpha value is -1.41. The van der Waals surface area contributed by atoms with Gasteiger partial charge in [-0.05, 0) is 64.0 Å². The van der Waals surface area contributed by atoms with Gasteiger partial charge in [0.25, 0.3) is 0 Å². The molecule has 0 spiro atoms. The number of carbonyl (C=O) groups is 1. The third-order valence-electron chi connectivity index (χ3n) is 4.68. The van der Waals surface area contributed by atoms with Gasteiger partial charge >= 0.3 is 5.97 Å². The van der Waals surface area contributed by atoms with Crippen LogP contribution in [0.3, 0.4) is 0 Å². The first kappa shape index (κ1) is 27.6. The Morgan fingerprint density at radius 1 is 1.00 bits per heavy atom. The lowest BCUT2D eigenvalue weighted by Crippen LogP contribution is -2.26. The first-order chi connectivity index (χ1) is 15.1. The Balaban J connectivity index is 0.000000316. The predicted molar refractivity (Wildman–Crippen MR) is 119 cm³/mol. The van der Waals surface area contributed by atoms with Crippen LogP contribution in [0.2, 0.25) is 0 Å². The molecule has 0 saturated carbocycles. The second-order valence-electron chi connectivity index (χ2n) is 7.53. The maximum absolute atomic E-state index is 11.7. The first-order valence-corrected chi connectivity index (χ1v) is 11.9. The minimum Gasteiger partial charge on any atom is -0.460 e. The highest BCUT2D eigenvalue weighted by Gasteiger charge is 2.20. The third kappa shape index (κ3) is 13.6. The number of hydrogen-bond acceptors (Lipinski definition) is 7. The summed E-state index contributed by atoms with van der Waals surface area (Å²) in [6.45, 7) is 7.74. The Morgan fingerprint density at radius 3 is 2.19 bits per heavy atom. The van der Waals surface area contributed by atoms with E-state index in [1.165, 1.54) is 0 Å². The number of unbranched alkanes of at least 4 members (excludes halogenated alkanes) is 2. The van der Waals surface area contributed by atoms with Gasteiger partial charge < -0.3 is 28.8 Å². The Labute approximate surface area is 187 Å². The minimum atomic E-state index is -0.815. The van der Waals surface area contributed by atoms with Crippen LogP contribution in [0.1, 0.15) is 85.0 Å². The van der Waals surface area contributed by atoms with Crippen LogP contribution in [0, 0.1) is 0 Å². The van der Waals surface area contributed by atoms with Crippen molar-refractivity contribution in [3.8, 4) is 0 Å². The summed E-state index contributed by atoms with van der Waals surface area (Å²) in [6, 6.07) is 0. The van der Waals surface area contributed by atoms with Crippen LogP contribution in [0.5, 0.6) is 0 Å². The Kier molecular flexibility index (Phi) is 16.2. The highest BCUT2D eigenvalue weighted by Crippen LogP contribution is 2.18. The van der Waals surface area contributed by atoms with Crippen molar-refractivity contribution in [1.82, 2.24) is 0 Å². The summed E-state index contributed by atoms with van der Waals surface area (Å²) in [6.07, 6.45) is 14.0. The molecule has 0 amide bonds. The molecular formula is C24H42O7. The summed E-state index contributed by atoms with van der Waals surface area (Å²) in [5.41, 5.74) is 0. The SMILES string of the molecule is CCC/C=C(/O[C@@H]1CCCCO1)C(=O)OCC.CCC/C=C/[C@H](O)OC1CCCCO1. The number of aliphatic hydroxyl groups excluding tert-OH is 1. The van der Waals surface area contributed by atoms with Gasteiger partial charge in [-0.25, -0.2) is 4.79 Å². The van der Waals surface area contributed by atoms with Crippen molar-refractivity contribution in [3.63, 3.8) is 0 Å². The standard InChI is InChI=1S/C13H22O4.C11H20O3/c1-3-5-8-11(13(14)15-4-2)17-12-9-6-7-10-16-12;1-2-3-4-7-10(12)14-11-8-5-6-9-13-11/h8,12H,3-7,9-10H2,1-2H3;4,7,10-12H,2-3,5-6,8-9H2,1H3/b11-8+;7-4+/t12-;10-,11?/m11/s1. The number of carbonyl (C=O) groups excluding carboxylic acids is 1. The number of hydrogen-bond donors (Lipinski definition) is 1. The van der Waals surface area contributed by atoms with Gasteiger partial charge in [0.2, 0.25) is 5.76 Å². The molecule has 2 aliphatic rings. The van der Waals surface area contributed by atoms with E-state index in [-0.39, 0.29) is 12.6 Å². The van der Waals surface area contributed by atoms with Crippen molar-refractivity contribution in [2.24, 2.45) is 0 Å². The molecule has 2 heterocycles. The largest absolute Gasteiger partial charge is 0.460 e. The first-order valence-electron chi connectivity index (χ1n) is 11.9. The van der Waals surface area contributed by atoms with Crippen LogP contribution in [0.4, 0.5) is 0 Å². The highest BCUT2D eigenvalue weighted by molar-refractivity contribution is 5.86. The van der Waals surface area contributed by atoms with E-state index in [0.29, 0.717) is 19.0 Å². The zero-order valence-electron chi connectivity index (χ0n) is 19.6. The monoisotopic (exact) mass is 442 g/mol. The average Bonchev–Trinajstić information content (AvgIpc) is 2.79. The summed E-state index contributed by atoms with van der Waals surface area (Å²) in [4.78, 5) is 11.7. The molecule has 1 unspecified atom stereocenters. The van der Waals surface area contributed by atoms with Crippen LogP contribution < -0.4 is 0 Å². The number of ether oxygens (including phenoxy) is 5. The van der Waals surface area contributed by atoms with Gasteiger partial charge in [-0.1, -0.05) is 32.8 Å². The van der Waals surface area contributed by atoms with Crippen molar-refractivity contribution in [2.75, 3.05) is 19.8 Å². The van der Waals surface area contributed by atoms with E-state index in [4.69, 9.17) is 23.7 Å². The molecule has 31 heavy (non-hydrogen) atoms. The predicted octanol–water partition coefficient (Wildman–Crippen LogP) is 4.98. The zero-order chi connectivity index (χ0) is 22.7. The third-order valence-corrected chi connectivity index (χ3v) is 4.68. The lowest BCUT2D eigenvalue weighted by Gasteiger charge is -2.24. The molecule has 0 aromatic heterocycles. The van der Waals surface area contributed by atoms with Crippen molar-refractivity contribution >= 4 is 5.97 Å². The average molecular weight is 443 g/mol. The van der Waals surface area contributed by atoms with Crippen molar-refractivity contribution in [3.05, 3.63) is 24.0 Å². The molecule has 0 aromatic carbocycles. The van der Waals surface area contributed by atoms with Crippen LogP contribution in [-0.4, -0.2) is 49.8 Å². The molecular weight excluding hydrogens is 400 g/mol. The highest BCUT2D eigenvalue weighted by atomic mass is 16.7. The lowest BCUT2D eigenvalue weighted by atomic mass is 10.2. The molecule has 2 aliphatic heterocycles. The lowest BCUT2D eigenvalue weighted by molar-refractivity contribution is -0.223. The minimum absolute atomic E-state index is 0.218. The molecule has 7 heteroatoms. The number of aliphatic hydroxyl groups is 1. The second-order valence-corrected chi connectivity index (χ2v) is 7.53. The number of esters is 1. The van der Waals surface area contributed by atoms with Gasteiger partial charge in [0.15, 0.2) is 18.9 Å². The smallest absolute Gasteiger partial charge is 0.373 e. The normalized spacial score (nSPS) is 23.0. The summed E-state index contributed by atoms with van der Waals surface area (Å²) in [5, 5.41) is 9.44. The Morgan fingerprint density at radius 2 is 1.65 bits per heavy atom. The van der Waals surface area contributed by atoms with Gasteiger partial charge in [-0.2, -0.15) is 0 Å². The summed E-state index contributed by atoms with van der Waals surface area (Å²) in [7, 11) is 0. The van der Waals surface area contributed by atoms with Crippen molar-refractivity contribution in [1.29, 1.82) is 0 Å². The van der Waals surface area contributed by atoms with E-state index in [1.807, 2.05) is 6.08 Å². The van der Waals surface area contributed by atoms with E-state index >= 15 is 0 Å². The Bertz CT molecular complexity index is 506. The van der Waals surface area contributed by atoms with E-state index < -0.39 is 12.3 Å². The molecule has 2 fully saturated rings. The summed E-state index contributed by atoms with van der Waals surface area (Å²) >= 11 is 0. The van der Waals surface area contributed by atoms with E-state index in [9.17, 15) is 9.90 Å². The van der Waals surface area contributed by atoms with Crippen molar-refractivity contribution < 1.29 is 33.6 Å². The fourth-order valence-corrected chi connectivity index (χ4v) is 3.00. The molecule has 0 aromatic rings. The zero-order valence-corrected chi connectivity index (χ0v) is 19.6.